The molecule has 278 valence electrons. The van der Waals surface area contributed by atoms with E-state index in [4.69, 9.17) is 4.74 Å². The number of benzene rings is 6. The van der Waals surface area contributed by atoms with Gasteiger partial charge in [-0.25, -0.2) is 0 Å². The van der Waals surface area contributed by atoms with Crippen molar-refractivity contribution in [2.45, 2.75) is 44.4 Å². The van der Waals surface area contributed by atoms with Crippen molar-refractivity contribution in [1.29, 1.82) is 0 Å². The molecule has 0 unspecified atom stereocenters. The number of anilines is 4. The molecule has 0 bridgehead atoms. The number of rotatable bonds is 16. The summed E-state index contributed by atoms with van der Waals surface area (Å²) in [6.07, 6.45) is 0. The summed E-state index contributed by atoms with van der Waals surface area (Å²) in [6, 6.07) is 47.3. The minimum Gasteiger partial charge on any atom is -0.497 e. The predicted octanol–water partition coefficient (Wildman–Crippen LogP) is 9.41. The lowest BCUT2D eigenvalue weighted by molar-refractivity contribution is 0.282. The Hall–Kier alpha value is -5.61. The Morgan fingerprint density at radius 2 is 1.19 bits per heavy atom. The van der Waals surface area contributed by atoms with E-state index in [1.165, 1.54) is 17.2 Å². The van der Waals surface area contributed by atoms with Crippen LogP contribution in [0.1, 0.15) is 53.1 Å². The third-order valence-electron chi connectivity index (χ3n) is 9.75. The molecule has 6 rings (SSSR count). The second-order valence-electron chi connectivity index (χ2n) is 13.1. The standard InChI is InChI=1S/C45H47N3O5S/c1-4-47(30-33-12-8-6-9-13-33)39-22-16-35(17-23-39)45(36-18-24-40(25-19-36)48(5-2)31-34-14-10-7-11-15-34)42-27-21-38(28-44(42)54(50,51)52)46-43-29-41(53-3)26-20-37(43)32-49/h6-29,45-46,49H,4-5,30-32H2,1-3H3,(H,50,51,52). The maximum absolute atomic E-state index is 13.2. The minimum atomic E-state index is -4.69. The predicted molar refractivity (Wildman–Crippen MR) is 219 cm³/mol. The maximum Gasteiger partial charge on any atom is 0.294 e. The molecular weight excluding hydrogens is 695 g/mol. The average Bonchev–Trinajstić information content (AvgIpc) is 3.20. The van der Waals surface area contributed by atoms with E-state index in [1.54, 1.807) is 37.4 Å². The molecule has 8 nitrogen and oxygen atoms in total. The number of nitrogens with one attached hydrogen (secondary N) is 1. The molecule has 3 N–H and O–H groups in total. The van der Waals surface area contributed by atoms with Crippen molar-refractivity contribution in [2.75, 3.05) is 35.3 Å². The van der Waals surface area contributed by atoms with Gasteiger partial charge in [0.25, 0.3) is 10.1 Å². The second kappa shape index (κ2) is 17.5. The van der Waals surface area contributed by atoms with Crippen LogP contribution in [0.4, 0.5) is 22.7 Å². The molecule has 6 aromatic rings. The van der Waals surface area contributed by atoms with Crippen LogP contribution in [0.2, 0.25) is 0 Å². The summed E-state index contributed by atoms with van der Waals surface area (Å²) < 4.78 is 42.5. The van der Waals surface area contributed by atoms with E-state index in [0.717, 1.165) is 48.7 Å². The summed E-state index contributed by atoms with van der Waals surface area (Å²) in [5, 5.41) is 13.2. The fraction of sp³-hybridized carbons (Fsp3) is 0.200. The van der Waals surface area contributed by atoms with Crippen LogP contribution in [0.15, 0.2) is 150 Å². The number of ether oxygens (including phenoxy) is 1. The zero-order valence-electron chi connectivity index (χ0n) is 30.9. The highest BCUT2D eigenvalue weighted by Gasteiger charge is 2.26. The van der Waals surface area contributed by atoms with Crippen LogP contribution in [0.25, 0.3) is 0 Å². The van der Waals surface area contributed by atoms with Crippen LogP contribution in [0.3, 0.4) is 0 Å². The monoisotopic (exact) mass is 741 g/mol. The quantitative estimate of drug-likeness (QED) is 0.0667. The van der Waals surface area contributed by atoms with Gasteiger partial charge in [-0.3, -0.25) is 4.55 Å². The van der Waals surface area contributed by atoms with Crippen molar-refractivity contribution in [2.24, 2.45) is 0 Å². The van der Waals surface area contributed by atoms with Crippen LogP contribution >= 0.6 is 0 Å². The Labute approximate surface area is 319 Å². The Morgan fingerprint density at radius 1 is 0.667 bits per heavy atom. The first-order chi connectivity index (χ1) is 26.2. The summed E-state index contributed by atoms with van der Waals surface area (Å²) in [5.41, 5.74) is 8.29. The highest BCUT2D eigenvalue weighted by molar-refractivity contribution is 7.85. The fourth-order valence-electron chi connectivity index (χ4n) is 6.85. The topological polar surface area (TPSA) is 102 Å². The van der Waals surface area contributed by atoms with Gasteiger partial charge in [-0.05, 0) is 84.1 Å². The molecule has 9 heteroatoms. The smallest absolute Gasteiger partial charge is 0.294 e. The number of hydrogen-bond acceptors (Lipinski definition) is 7. The molecule has 0 amide bonds. The lowest BCUT2D eigenvalue weighted by atomic mass is 9.84. The van der Waals surface area contributed by atoms with Gasteiger partial charge in [-0.1, -0.05) is 97.1 Å². The maximum atomic E-state index is 13.2. The van der Waals surface area contributed by atoms with Gasteiger partial charge in [0.05, 0.1) is 13.7 Å². The highest BCUT2D eigenvalue weighted by Crippen LogP contribution is 2.39. The molecule has 0 atom stereocenters. The molecular formula is C45H47N3O5S. The SMILES string of the molecule is CCN(Cc1ccccc1)c1ccc(C(c2ccc(N(CC)Cc3ccccc3)cc2)c2ccc(Nc3cc(OC)ccc3CO)cc2S(=O)(=O)O)cc1. The Morgan fingerprint density at radius 3 is 1.63 bits per heavy atom. The van der Waals surface area contributed by atoms with Crippen molar-refractivity contribution in [3.63, 3.8) is 0 Å². The number of aliphatic hydroxyl groups is 1. The average molecular weight is 742 g/mol. The van der Waals surface area contributed by atoms with E-state index < -0.39 is 16.0 Å². The summed E-state index contributed by atoms with van der Waals surface area (Å²) in [5.74, 6) is 0.0430. The number of methoxy groups -OCH3 is 1. The lowest BCUT2D eigenvalue weighted by Gasteiger charge is -2.27. The molecule has 6 aromatic carbocycles. The van der Waals surface area contributed by atoms with Crippen LogP contribution < -0.4 is 19.9 Å². The Kier molecular flexibility index (Phi) is 12.3. The highest BCUT2D eigenvalue weighted by atomic mass is 32.2. The molecule has 0 fully saturated rings. The van der Waals surface area contributed by atoms with Gasteiger partial charge >= 0.3 is 0 Å². The Balaban J connectivity index is 1.41. The lowest BCUT2D eigenvalue weighted by Crippen LogP contribution is -2.22. The van der Waals surface area contributed by atoms with E-state index in [0.29, 0.717) is 28.3 Å². The summed E-state index contributed by atoms with van der Waals surface area (Å²) in [4.78, 5) is 4.37. The zero-order valence-corrected chi connectivity index (χ0v) is 31.7. The van der Waals surface area contributed by atoms with Crippen molar-refractivity contribution in [3.8, 4) is 5.75 Å². The third-order valence-corrected chi connectivity index (χ3v) is 10.7. The first kappa shape index (κ1) is 38.1. The van der Waals surface area contributed by atoms with E-state index >= 15 is 0 Å². The van der Waals surface area contributed by atoms with Gasteiger partial charge in [-0.2, -0.15) is 8.42 Å². The van der Waals surface area contributed by atoms with Crippen molar-refractivity contribution >= 4 is 32.9 Å². The van der Waals surface area contributed by atoms with Crippen molar-refractivity contribution < 1.29 is 22.8 Å². The summed E-state index contributed by atoms with van der Waals surface area (Å²) in [6.45, 7) is 7.15. The van der Waals surface area contributed by atoms with Crippen LogP contribution in [-0.4, -0.2) is 38.3 Å². The molecule has 0 aliphatic carbocycles. The normalized spacial score (nSPS) is 11.4. The zero-order chi connectivity index (χ0) is 38.1. The molecule has 0 aliphatic heterocycles. The minimum absolute atomic E-state index is 0.211. The number of nitrogens with zero attached hydrogens (tertiary/aromatic N) is 2. The van der Waals surface area contributed by atoms with Gasteiger partial charge in [0, 0.05) is 66.5 Å². The molecule has 0 radical (unpaired) electrons. The van der Waals surface area contributed by atoms with Gasteiger partial charge in [0.2, 0.25) is 0 Å². The van der Waals surface area contributed by atoms with Crippen LogP contribution in [0.5, 0.6) is 5.75 Å². The van der Waals surface area contributed by atoms with E-state index in [1.807, 2.05) is 60.7 Å². The number of hydrogen-bond donors (Lipinski definition) is 3. The molecule has 0 saturated heterocycles. The van der Waals surface area contributed by atoms with Gasteiger partial charge in [0.1, 0.15) is 10.6 Å². The van der Waals surface area contributed by atoms with E-state index in [2.05, 4.69) is 77.5 Å². The van der Waals surface area contributed by atoms with E-state index in [-0.39, 0.29) is 11.5 Å². The molecule has 0 aromatic heterocycles. The summed E-state index contributed by atoms with van der Waals surface area (Å²) >= 11 is 0. The van der Waals surface area contributed by atoms with Crippen molar-refractivity contribution in [3.05, 3.63) is 179 Å². The largest absolute Gasteiger partial charge is 0.497 e. The first-order valence-electron chi connectivity index (χ1n) is 18.1. The van der Waals surface area contributed by atoms with Crippen LogP contribution in [0, 0.1) is 0 Å². The Bertz CT molecular complexity index is 2140. The fourth-order valence-corrected chi connectivity index (χ4v) is 7.61. The molecule has 0 spiro atoms. The third kappa shape index (κ3) is 9.12. The van der Waals surface area contributed by atoms with E-state index in [9.17, 15) is 18.1 Å². The molecule has 0 heterocycles. The van der Waals surface area contributed by atoms with Gasteiger partial charge in [-0.15, -0.1) is 0 Å². The van der Waals surface area contributed by atoms with Crippen LogP contribution in [-0.2, 0) is 29.8 Å². The molecule has 0 saturated carbocycles. The van der Waals surface area contributed by atoms with Gasteiger partial charge < -0.3 is 25.0 Å². The van der Waals surface area contributed by atoms with Crippen molar-refractivity contribution in [1.82, 2.24) is 0 Å². The number of aliphatic hydroxyl groups excluding tert-OH is 1. The van der Waals surface area contributed by atoms with Gasteiger partial charge in [0.15, 0.2) is 0 Å². The molecule has 0 aliphatic rings. The molecule has 54 heavy (non-hydrogen) atoms. The second-order valence-corrected chi connectivity index (χ2v) is 14.5. The first-order valence-corrected chi connectivity index (χ1v) is 19.6. The summed E-state index contributed by atoms with van der Waals surface area (Å²) in [7, 11) is -3.14.